The van der Waals surface area contributed by atoms with Crippen LogP contribution in [0.2, 0.25) is 7.86 Å². The van der Waals surface area contributed by atoms with Gasteiger partial charge in [0, 0.05) is 0 Å². The minimum atomic E-state index is -1.58. The van der Waals surface area contributed by atoms with Crippen molar-refractivity contribution in [2.24, 2.45) is 0 Å². The zero-order chi connectivity index (χ0) is 13.4. The quantitative estimate of drug-likeness (QED) is 0.402. The van der Waals surface area contributed by atoms with Gasteiger partial charge in [0.25, 0.3) is 0 Å². The van der Waals surface area contributed by atoms with E-state index in [9.17, 15) is 9.59 Å². The first-order valence-corrected chi connectivity index (χ1v) is 18.3. The summed E-state index contributed by atoms with van der Waals surface area (Å²) < 4.78 is 23.2. The van der Waals surface area contributed by atoms with Crippen molar-refractivity contribution in [2.45, 2.75) is 33.9 Å². The molecule has 0 aromatic rings. The van der Waals surface area contributed by atoms with E-state index in [1.807, 2.05) is 0 Å². The maximum absolute atomic E-state index is 10.7. The fourth-order valence-corrected chi connectivity index (χ4v) is 9.20. The van der Waals surface area contributed by atoms with Crippen LogP contribution in [-0.2, 0) is 74.4 Å². The molecule has 1 saturated heterocycles. The standard InChI is InChI=1S/C6H10O2.2C2H4O2.2Hg/c1-5-3-7-4-6(2)8-5;2*1-2(3)4;;/h5-6H,1-4H2;2*1H3,(H,3,4);;/q;;;2*+1/p-2. The second kappa shape index (κ2) is 9.61. The molecule has 0 saturated carbocycles. The van der Waals surface area contributed by atoms with Crippen molar-refractivity contribution >= 4 is 11.9 Å². The van der Waals surface area contributed by atoms with Gasteiger partial charge in [-0.15, -0.1) is 0 Å². The molecule has 1 rings (SSSR count). The van der Waals surface area contributed by atoms with Crippen LogP contribution in [0.25, 0.3) is 0 Å². The second-order valence-electron chi connectivity index (χ2n) is 4.17. The molecule has 0 bridgehead atoms. The third-order valence-corrected chi connectivity index (χ3v) is 14.1. The van der Waals surface area contributed by atoms with E-state index in [0.29, 0.717) is 13.2 Å². The van der Waals surface area contributed by atoms with Crippen LogP contribution in [0.3, 0.4) is 0 Å². The van der Waals surface area contributed by atoms with E-state index in [1.165, 1.54) is 13.8 Å². The van der Waals surface area contributed by atoms with Gasteiger partial charge in [-0.3, -0.25) is 0 Å². The van der Waals surface area contributed by atoms with Crippen molar-refractivity contribution in [2.75, 3.05) is 13.2 Å². The van der Waals surface area contributed by atoms with Crippen LogP contribution in [0.4, 0.5) is 0 Å². The summed E-state index contributed by atoms with van der Waals surface area (Å²) >= 11 is -3.17. The number of carbonyl (C=O) groups excluding carboxylic acids is 2. The molecular weight excluding hydrogens is 617 g/mol. The second-order valence-corrected chi connectivity index (χ2v) is 14.1. The van der Waals surface area contributed by atoms with E-state index in [1.54, 1.807) is 0 Å². The van der Waals surface area contributed by atoms with Crippen molar-refractivity contribution in [3.05, 3.63) is 0 Å². The first-order valence-electron chi connectivity index (χ1n) is 6.08. The van der Waals surface area contributed by atoms with Gasteiger partial charge in [0.1, 0.15) is 0 Å². The summed E-state index contributed by atoms with van der Waals surface area (Å²) in [6.07, 6.45) is 0.131. The van der Waals surface area contributed by atoms with Crippen molar-refractivity contribution in [3.63, 3.8) is 0 Å². The Labute approximate surface area is 132 Å². The summed E-state index contributed by atoms with van der Waals surface area (Å²) in [5.74, 6) is -0.367. The molecule has 2 unspecified atom stereocenters. The molecular formula is C10H16Hg2O6. The van der Waals surface area contributed by atoms with Gasteiger partial charge in [-0.2, -0.15) is 0 Å². The van der Waals surface area contributed by atoms with Gasteiger partial charge < -0.3 is 0 Å². The molecule has 0 aromatic heterocycles. The molecule has 18 heavy (non-hydrogen) atoms. The molecule has 1 fully saturated rings. The molecule has 0 amide bonds. The van der Waals surface area contributed by atoms with E-state index >= 15 is 0 Å². The average Bonchev–Trinajstić information content (AvgIpc) is 2.28. The van der Waals surface area contributed by atoms with Gasteiger partial charge in [0.2, 0.25) is 0 Å². The maximum atomic E-state index is 10.7. The SMILES string of the molecule is CC(=O)[O][Hg][CH2]C1COCC([CH2][Hg][O]C(C)=O)O1. The van der Waals surface area contributed by atoms with E-state index < -0.39 is 50.1 Å². The molecule has 1 heterocycles. The van der Waals surface area contributed by atoms with Crippen molar-refractivity contribution in [1.82, 2.24) is 0 Å². The molecule has 0 N–H and O–H groups in total. The predicted molar refractivity (Wildman–Crippen MR) is 52.6 cm³/mol. The monoisotopic (exact) mass is 636 g/mol. The predicted octanol–water partition coefficient (Wildman–Crippen LogP) is 0.728. The summed E-state index contributed by atoms with van der Waals surface area (Å²) in [6, 6.07) is 0. The summed E-state index contributed by atoms with van der Waals surface area (Å²) in [5, 5.41) is 0. The number of carbonyl (C=O) groups is 2. The third kappa shape index (κ3) is 8.01. The molecule has 1 aliphatic rings. The van der Waals surface area contributed by atoms with Crippen LogP contribution in [0.5, 0.6) is 0 Å². The molecule has 1 aliphatic heterocycles. The molecule has 0 aliphatic carbocycles. The van der Waals surface area contributed by atoms with Crippen LogP contribution in [0, 0.1) is 0 Å². The topological polar surface area (TPSA) is 71.1 Å². The van der Waals surface area contributed by atoms with Gasteiger partial charge in [-0.1, -0.05) is 0 Å². The fourth-order valence-electron chi connectivity index (χ4n) is 1.65. The summed E-state index contributed by atoms with van der Waals surface area (Å²) in [7, 11) is 0. The first-order chi connectivity index (χ1) is 8.58. The normalized spacial score (nSPS) is 22.6. The third-order valence-electron chi connectivity index (χ3n) is 2.48. The van der Waals surface area contributed by atoms with Gasteiger partial charge in [0.05, 0.1) is 0 Å². The van der Waals surface area contributed by atoms with Crippen LogP contribution in [0.15, 0.2) is 0 Å². The van der Waals surface area contributed by atoms with Crippen LogP contribution < -0.4 is 0 Å². The van der Waals surface area contributed by atoms with Crippen molar-refractivity contribution in [1.29, 1.82) is 0 Å². The van der Waals surface area contributed by atoms with Gasteiger partial charge in [0.15, 0.2) is 0 Å². The zero-order valence-corrected chi connectivity index (χ0v) is 21.8. The van der Waals surface area contributed by atoms with E-state index in [4.69, 9.17) is 14.8 Å². The molecule has 6 nitrogen and oxygen atoms in total. The number of ether oxygens (including phenoxy) is 2. The Balaban J connectivity index is 2.15. The average molecular weight is 633 g/mol. The number of rotatable bonds is 6. The van der Waals surface area contributed by atoms with Crippen molar-refractivity contribution in [3.8, 4) is 0 Å². The molecule has 8 heteroatoms. The van der Waals surface area contributed by atoms with Crippen LogP contribution >= 0.6 is 0 Å². The zero-order valence-electron chi connectivity index (χ0n) is 10.8. The minimum absolute atomic E-state index is 0.0653. The van der Waals surface area contributed by atoms with E-state index in [2.05, 4.69) is 0 Å². The Kier molecular flexibility index (Phi) is 8.96. The summed E-state index contributed by atoms with van der Waals surface area (Å²) in [6.45, 7) is 4.05. The molecule has 2 atom stereocenters. The summed E-state index contributed by atoms with van der Waals surface area (Å²) in [5.41, 5.74) is 0. The Morgan fingerprint density at radius 3 is 1.89 bits per heavy atom. The van der Waals surface area contributed by atoms with Gasteiger partial charge >= 0.3 is 133 Å². The Morgan fingerprint density at radius 1 is 1.06 bits per heavy atom. The fraction of sp³-hybridized carbons (Fsp3) is 0.800. The Hall–Kier alpha value is 0.730. The molecule has 0 aromatic carbocycles. The Morgan fingerprint density at radius 2 is 1.50 bits per heavy atom. The summed E-state index contributed by atoms with van der Waals surface area (Å²) in [4.78, 5) is 21.4. The Bertz CT molecular complexity index is 260. The van der Waals surface area contributed by atoms with Crippen LogP contribution in [-0.4, -0.2) is 37.4 Å². The van der Waals surface area contributed by atoms with E-state index in [-0.39, 0.29) is 24.1 Å². The van der Waals surface area contributed by atoms with Gasteiger partial charge in [-0.05, 0) is 0 Å². The molecule has 0 radical (unpaired) electrons. The van der Waals surface area contributed by atoms with Gasteiger partial charge in [-0.25, -0.2) is 0 Å². The van der Waals surface area contributed by atoms with Crippen LogP contribution in [0.1, 0.15) is 13.8 Å². The first kappa shape index (κ1) is 16.8. The molecule has 0 spiro atoms. The number of hydrogen-bond acceptors (Lipinski definition) is 6. The van der Waals surface area contributed by atoms with E-state index in [0.717, 1.165) is 7.86 Å². The van der Waals surface area contributed by atoms with Crippen molar-refractivity contribution < 1.29 is 74.4 Å². The molecule has 96 valence electrons. The number of hydrogen-bond donors (Lipinski definition) is 0.